The molecule has 2 N–H and O–H groups in total. The van der Waals surface area contributed by atoms with Gasteiger partial charge in [0.05, 0.1) is 12.0 Å². The van der Waals surface area contributed by atoms with E-state index in [4.69, 9.17) is 28.3 Å². The first-order valence-electron chi connectivity index (χ1n) is 5.65. The van der Waals surface area contributed by atoms with Crippen molar-refractivity contribution < 1.29 is 14.7 Å². The Morgan fingerprint density at radius 3 is 2.68 bits per heavy atom. The van der Waals surface area contributed by atoms with Crippen LogP contribution in [0.5, 0.6) is 0 Å². The zero-order chi connectivity index (χ0) is 14.4. The minimum absolute atomic E-state index is 0.0415. The van der Waals surface area contributed by atoms with Gasteiger partial charge in [-0.1, -0.05) is 36.5 Å². The van der Waals surface area contributed by atoms with Crippen LogP contribution in [0.15, 0.2) is 6.07 Å². The number of carbonyl (C=O) groups excluding carboxylic acids is 1. The van der Waals surface area contributed by atoms with E-state index in [1.54, 1.807) is 0 Å². The summed E-state index contributed by atoms with van der Waals surface area (Å²) in [7, 11) is 0. The molecule has 1 unspecified atom stereocenters. The van der Waals surface area contributed by atoms with Gasteiger partial charge in [-0.2, -0.15) is 0 Å². The molecule has 1 aromatic heterocycles. The van der Waals surface area contributed by atoms with Gasteiger partial charge in [-0.15, -0.1) is 10.2 Å². The SMILES string of the molecule is CCCC(CC(=O)O)NC(=O)c1cc(Cl)nnc1Cl. The van der Waals surface area contributed by atoms with Crippen molar-refractivity contribution in [2.75, 3.05) is 0 Å². The molecule has 1 heterocycles. The molecule has 0 saturated heterocycles. The third-order valence-electron chi connectivity index (χ3n) is 2.36. The van der Waals surface area contributed by atoms with Crippen LogP contribution in [0.25, 0.3) is 0 Å². The number of hydrogen-bond acceptors (Lipinski definition) is 4. The number of aromatic nitrogens is 2. The normalized spacial score (nSPS) is 11.9. The van der Waals surface area contributed by atoms with E-state index in [1.807, 2.05) is 6.92 Å². The number of carboxylic acids is 1. The van der Waals surface area contributed by atoms with Gasteiger partial charge in [-0.05, 0) is 12.5 Å². The molecule has 1 amide bonds. The van der Waals surface area contributed by atoms with Gasteiger partial charge >= 0.3 is 5.97 Å². The summed E-state index contributed by atoms with van der Waals surface area (Å²) in [6, 6.07) is 0.828. The number of carbonyl (C=O) groups is 2. The number of halogens is 2. The lowest BCUT2D eigenvalue weighted by molar-refractivity contribution is -0.137. The third kappa shape index (κ3) is 5.00. The summed E-state index contributed by atoms with van der Waals surface area (Å²) in [5.41, 5.74) is 0.0770. The van der Waals surface area contributed by atoms with E-state index in [0.717, 1.165) is 6.42 Å². The highest BCUT2D eigenvalue weighted by molar-refractivity contribution is 6.34. The van der Waals surface area contributed by atoms with Crippen molar-refractivity contribution in [2.45, 2.75) is 32.2 Å². The molecule has 0 spiro atoms. The lowest BCUT2D eigenvalue weighted by Crippen LogP contribution is -2.36. The largest absolute Gasteiger partial charge is 0.481 e. The molecule has 0 bridgehead atoms. The summed E-state index contributed by atoms with van der Waals surface area (Å²) in [5, 5.41) is 18.4. The van der Waals surface area contributed by atoms with E-state index in [2.05, 4.69) is 15.5 Å². The molecule has 0 saturated carbocycles. The Morgan fingerprint density at radius 2 is 2.11 bits per heavy atom. The van der Waals surface area contributed by atoms with Gasteiger partial charge in [-0.3, -0.25) is 9.59 Å². The maximum absolute atomic E-state index is 12.0. The van der Waals surface area contributed by atoms with E-state index in [9.17, 15) is 9.59 Å². The molecule has 0 fully saturated rings. The van der Waals surface area contributed by atoms with Gasteiger partial charge < -0.3 is 10.4 Å². The standard InChI is InChI=1S/C11H13Cl2N3O3/c1-2-3-6(4-9(17)18)14-11(19)7-5-8(12)15-16-10(7)13/h5-6H,2-4H2,1H3,(H,14,19)(H,17,18). The van der Waals surface area contributed by atoms with Crippen molar-refractivity contribution in [3.63, 3.8) is 0 Å². The van der Waals surface area contributed by atoms with Crippen molar-refractivity contribution in [3.05, 3.63) is 21.9 Å². The number of amides is 1. The second-order valence-corrected chi connectivity index (χ2v) is 4.67. The minimum atomic E-state index is -0.976. The highest BCUT2D eigenvalue weighted by Crippen LogP contribution is 2.16. The molecule has 1 rings (SSSR count). The zero-order valence-electron chi connectivity index (χ0n) is 10.2. The molecule has 6 nitrogen and oxygen atoms in total. The molecule has 0 aliphatic rings. The number of nitrogens with one attached hydrogen (secondary N) is 1. The predicted octanol–water partition coefficient (Wildman–Crippen LogP) is 2.16. The molecule has 0 aliphatic heterocycles. The molecule has 8 heteroatoms. The number of carboxylic acid groups (broad SMARTS) is 1. The van der Waals surface area contributed by atoms with Crippen LogP contribution in [0.3, 0.4) is 0 Å². The molecular formula is C11H13Cl2N3O3. The van der Waals surface area contributed by atoms with Gasteiger partial charge in [0.15, 0.2) is 10.3 Å². The van der Waals surface area contributed by atoms with E-state index >= 15 is 0 Å². The third-order valence-corrected chi connectivity index (χ3v) is 2.82. The van der Waals surface area contributed by atoms with Crippen LogP contribution < -0.4 is 5.32 Å². The van der Waals surface area contributed by atoms with Crippen molar-refractivity contribution in [1.82, 2.24) is 15.5 Å². The Labute approximate surface area is 120 Å². The maximum atomic E-state index is 12.0. The summed E-state index contributed by atoms with van der Waals surface area (Å²) in [5.74, 6) is -1.49. The van der Waals surface area contributed by atoms with Crippen LogP contribution in [-0.4, -0.2) is 33.2 Å². The van der Waals surface area contributed by atoms with Crippen LogP contribution >= 0.6 is 23.2 Å². The average Bonchev–Trinajstić information content (AvgIpc) is 2.31. The summed E-state index contributed by atoms with van der Waals surface area (Å²) >= 11 is 11.4. The van der Waals surface area contributed by atoms with E-state index in [-0.39, 0.29) is 22.3 Å². The first-order valence-corrected chi connectivity index (χ1v) is 6.41. The first-order chi connectivity index (χ1) is 8.93. The Balaban J connectivity index is 2.81. The quantitative estimate of drug-likeness (QED) is 0.840. The predicted molar refractivity (Wildman–Crippen MR) is 70.5 cm³/mol. The Kier molecular flexibility index (Phi) is 5.98. The highest BCUT2D eigenvalue weighted by atomic mass is 35.5. The fraction of sp³-hybridized carbons (Fsp3) is 0.455. The van der Waals surface area contributed by atoms with Crippen LogP contribution in [0.2, 0.25) is 10.3 Å². The zero-order valence-corrected chi connectivity index (χ0v) is 11.7. The van der Waals surface area contributed by atoms with Gasteiger partial charge in [0.2, 0.25) is 0 Å². The van der Waals surface area contributed by atoms with Gasteiger partial charge in [-0.25, -0.2) is 0 Å². The fourth-order valence-corrected chi connectivity index (χ4v) is 1.89. The van der Waals surface area contributed by atoms with E-state index in [1.165, 1.54) is 6.07 Å². The molecular weight excluding hydrogens is 293 g/mol. The molecule has 1 atom stereocenters. The number of aliphatic carboxylic acids is 1. The first kappa shape index (κ1) is 15.7. The second-order valence-electron chi connectivity index (χ2n) is 3.93. The van der Waals surface area contributed by atoms with E-state index in [0.29, 0.717) is 6.42 Å². The number of nitrogens with zero attached hydrogens (tertiary/aromatic N) is 2. The van der Waals surface area contributed by atoms with Crippen LogP contribution in [0, 0.1) is 0 Å². The van der Waals surface area contributed by atoms with Gasteiger partial charge in [0.1, 0.15) is 0 Å². The molecule has 0 aromatic carbocycles. The van der Waals surface area contributed by atoms with Crippen LogP contribution in [-0.2, 0) is 4.79 Å². The van der Waals surface area contributed by atoms with Gasteiger partial charge in [0.25, 0.3) is 5.91 Å². The van der Waals surface area contributed by atoms with Crippen molar-refractivity contribution in [2.24, 2.45) is 0 Å². The smallest absolute Gasteiger partial charge is 0.305 e. The molecule has 0 aliphatic carbocycles. The Morgan fingerprint density at radius 1 is 1.42 bits per heavy atom. The Hall–Kier alpha value is -1.40. The van der Waals surface area contributed by atoms with Crippen molar-refractivity contribution >= 4 is 35.1 Å². The lowest BCUT2D eigenvalue weighted by atomic mass is 10.1. The molecule has 1 aromatic rings. The number of hydrogen-bond donors (Lipinski definition) is 2. The van der Waals surface area contributed by atoms with Crippen molar-refractivity contribution in [1.29, 1.82) is 0 Å². The summed E-state index contributed by atoms with van der Waals surface area (Å²) in [4.78, 5) is 22.7. The monoisotopic (exact) mass is 305 g/mol. The topological polar surface area (TPSA) is 92.2 Å². The second kappa shape index (κ2) is 7.25. The van der Waals surface area contributed by atoms with Crippen molar-refractivity contribution in [3.8, 4) is 0 Å². The number of rotatable bonds is 6. The summed E-state index contributed by atoms with van der Waals surface area (Å²) < 4.78 is 0. The maximum Gasteiger partial charge on any atom is 0.305 e. The van der Waals surface area contributed by atoms with E-state index < -0.39 is 17.9 Å². The average molecular weight is 306 g/mol. The molecule has 104 valence electrons. The fourth-order valence-electron chi connectivity index (χ4n) is 1.56. The summed E-state index contributed by atoms with van der Waals surface area (Å²) in [6.45, 7) is 1.90. The summed E-state index contributed by atoms with van der Waals surface area (Å²) in [6.07, 6.45) is 1.16. The molecule has 0 radical (unpaired) electrons. The van der Waals surface area contributed by atoms with Crippen LogP contribution in [0.4, 0.5) is 0 Å². The highest BCUT2D eigenvalue weighted by Gasteiger charge is 2.19. The molecule has 19 heavy (non-hydrogen) atoms. The lowest BCUT2D eigenvalue weighted by Gasteiger charge is -2.16. The van der Waals surface area contributed by atoms with Crippen LogP contribution in [0.1, 0.15) is 36.5 Å². The minimum Gasteiger partial charge on any atom is -0.481 e. The Bertz CT molecular complexity index is 482. The van der Waals surface area contributed by atoms with Gasteiger partial charge in [0, 0.05) is 6.04 Å².